The molecule has 0 saturated heterocycles. The second-order valence-electron chi connectivity index (χ2n) is 6.69. The van der Waals surface area contributed by atoms with Crippen LogP contribution in [0.2, 0.25) is 0 Å². The van der Waals surface area contributed by atoms with E-state index in [9.17, 15) is 4.79 Å². The van der Waals surface area contributed by atoms with Gasteiger partial charge in [-0.15, -0.1) is 0 Å². The fourth-order valence-electron chi connectivity index (χ4n) is 4.07. The average molecular weight is 286 g/mol. The lowest BCUT2D eigenvalue weighted by Gasteiger charge is -2.41. The Hall–Kier alpha value is -1.35. The number of nitrogens with two attached hydrogens (primary N) is 1. The van der Waals surface area contributed by atoms with Crippen LogP contribution in [0.5, 0.6) is 0 Å². The van der Waals surface area contributed by atoms with Crippen molar-refractivity contribution in [1.82, 2.24) is 0 Å². The van der Waals surface area contributed by atoms with E-state index in [1.54, 1.807) is 0 Å². The molecule has 0 radical (unpaired) electrons. The summed E-state index contributed by atoms with van der Waals surface area (Å²) in [6.07, 6.45) is 7.57. The third-order valence-electron chi connectivity index (χ3n) is 5.32. The number of carbonyl (C=O) groups excluding carboxylic acids is 1. The number of hydrogen-bond acceptors (Lipinski definition) is 2. The molecule has 114 valence electrons. The molecule has 1 aliphatic carbocycles. The maximum atomic E-state index is 13.3. The number of fused-ring (bicyclic) bond motifs is 1. The molecular formula is C18H26N2O. The maximum absolute atomic E-state index is 13.3. The lowest BCUT2D eigenvalue weighted by Crippen LogP contribution is -2.51. The summed E-state index contributed by atoms with van der Waals surface area (Å²) < 4.78 is 0. The van der Waals surface area contributed by atoms with Crippen LogP contribution >= 0.6 is 0 Å². The lowest BCUT2D eigenvalue weighted by atomic mass is 9.72. The highest BCUT2D eigenvalue weighted by Crippen LogP contribution is 2.40. The molecule has 1 saturated carbocycles. The first-order chi connectivity index (χ1) is 10.2. The Morgan fingerprint density at radius 3 is 2.71 bits per heavy atom. The first kappa shape index (κ1) is 14.6. The number of benzene rings is 1. The number of nitrogens with zero attached hydrogens (tertiary/aromatic N) is 1. The molecule has 0 spiro atoms. The van der Waals surface area contributed by atoms with E-state index in [2.05, 4.69) is 25.1 Å². The van der Waals surface area contributed by atoms with Gasteiger partial charge < -0.3 is 10.6 Å². The SMILES string of the molecule is Cc1cccc2c1N(C(=O)C1(CN)CCCCC1)CCC2. The number of aryl methyl sites for hydroxylation is 2. The second kappa shape index (κ2) is 5.80. The zero-order valence-electron chi connectivity index (χ0n) is 13.0. The van der Waals surface area contributed by atoms with E-state index < -0.39 is 0 Å². The molecule has 0 bridgehead atoms. The Morgan fingerprint density at radius 1 is 1.24 bits per heavy atom. The van der Waals surface area contributed by atoms with Crippen LogP contribution in [0, 0.1) is 12.3 Å². The summed E-state index contributed by atoms with van der Waals surface area (Å²) in [5.41, 5.74) is 9.43. The van der Waals surface area contributed by atoms with Crippen molar-refractivity contribution < 1.29 is 4.79 Å². The first-order valence-corrected chi connectivity index (χ1v) is 8.28. The van der Waals surface area contributed by atoms with Gasteiger partial charge in [0, 0.05) is 18.8 Å². The molecule has 2 aliphatic rings. The van der Waals surface area contributed by atoms with Crippen LogP contribution in [-0.2, 0) is 11.2 Å². The van der Waals surface area contributed by atoms with Crippen LogP contribution in [0.4, 0.5) is 5.69 Å². The number of amides is 1. The number of anilines is 1. The van der Waals surface area contributed by atoms with Gasteiger partial charge in [-0.3, -0.25) is 4.79 Å². The summed E-state index contributed by atoms with van der Waals surface area (Å²) in [6, 6.07) is 6.37. The molecule has 1 aliphatic heterocycles. The molecule has 3 rings (SSSR count). The molecule has 1 amide bonds. The molecule has 3 nitrogen and oxygen atoms in total. The van der Waals surface area contributed by atoms with Crippen molar-refractivity contribution in [2.45, 2.75) is 51.9 Å². The number of carbonyl (C=O) groups is 1. The van der Waals surface area contributed by atoms with Gasteiger partial charge in [0.05, 0.1) is 5.41 Å². The minimum absolute atomic E-state index is 0.278. The van der Waals surface area contributed by atoms with E-state index in [-0.39, 0.29) is 11.3 Å². The molecule has 2 N–H and O–H groups in total. The highest BCUT2D eigenvalue weighted by molar-refractivity contribution is 5.99. The smallest absolute Gasteiger partial charge is 0.234 e. The van der Waals surface area contributed by atoms with E-state index in [0.29, 0.717) is 6.54 Å². The highest BCUT2D eigenvalue weighted by Gasteiger charge is 2.42. The van der Waals surface area contributed by atoms with Crippen molar-refractivity contribution in [2.75, 3.05) is 18.0 Å². The quantitative estimate of drug-likeness (QED) is 0.907. The van der Waals surface area contributed by atoms with Crippen LogP contribution in [0.3, 0.4) is 0 Å². The summed E-state index contributed by atoms with van der Waals surface area (Å²) in [4.78, 5) is 15.3. The summed E-state index contributed by atoms with van der Waals surface area (Å²) in [6.45, 7) is 3.45. The molecule has 0 atom stereocenters. The van der Waals surface area contributed by atoms with Crippen molar-refractivity contribution >= 4 is 11.6 Å². The summed E-state index contributed by atoms with van der Waals surface area (Å²) in [5, 5.41) is 0. The summed E-state index contributed by atoms with van der Waals surface area (Å²) in [7, 11) is 0. The van der Waals surface area contributed by atoms with Gasteiger partial charge in [-0.1, -0.05) is 37.5 Å². The summed E-state index contributed by atoms with van der Waals surface area (Å²) >= 11 is 0. The van der Waals surface area contributed by atoms with Crippen molar-refractivity contribution in [2.24, 2.45) is 11.1 Å². The van der Waals surface area contributed by atoms with E-state index in [1.807, 2.05) is 4.90 Å². The van der Waals surface area contributed by atoms with Crippen LogP contribution in [0.15, 0.2) is 18.2 Å². The molecule has 1 aromatic rings. The van der Waals surface area contributed by atoms with Gasteiger partial charge in [-0.25, -0.2) is 0 Å². The molecule has 0 unspecified atom stereocenters. The van der Waals surface area contributed by atoms with Crippen LogP contribution in [0.25, 0.3) is 0 Å². The Balaban J connectivity index is 1.96. The maximum Gasteiger partial charge on any atom is 0.234 e. The van der Waals surface area contributed by atoms with Gasteiger partial charge in [0.25, 0.3) is 0 Å². The van der Waals surface area contributed by atoms with Crippen molar-refractivity contribution in [3.8, 4) is 0 Å². The standard InChI is InChI=1S/C18H26N2O/c1-14-7-5-8-15-9-6-12-20(16(14)15)17(21)18(13-19)10-3-2-4-11-18/h5,7-8H,2-4,6,9-13,19H2,1H3. The predicted molar refractivity (Wildman–Crippen MR) is 86.4 cm³/mol. The van der Waals surface area contributed by atoms with E-state index in [4.69, 9.17) is 5.73 Å². The Kier molecular flexibility index (Phi) is 4.03. The molecule has 0 aromatic heterocycles. The lowest BCUT2D eigenvalue weighted by molar-refractivity contribution is -0.129. The van der Waals surface area contributed by atoms with Gasteiger partial charge >= 0.3 is 0 Å². The highest BCUT2D eigenvalue weighted by atomic mass is 16.2. The zero-order valence-corrected chi connectivity index (χ0v) is 13.0. The first-order valence-electron chi connectivity index (χ1n) is 8.28. The monoisotopic (exact) mass is 286 g/mol. The normalized spacial score (nSPS) is 21.0. The number of hydrogen-bond donors (Lipinski definition) is 1. The minimum atomic E-state index is -0.310. The van der Waals surface area contributed by atoms with E-state index >= 15 is 0 Å². The molecule has 3 heteroatoms. The van der Waals surface area contributed by atoms with Crippen molar-refractivity contribution in [1.29, 1.82) is 0 Å². The minimum Gasteiger partial charge on any atom is -0.329 e. The largest absolute Gasteiger partial charge is 0.329 e. The summed E-state index contributed by atoms with van der Waals surface area (Å²) in [5.74, 6) is 0.278. The van der Waals surface area contributed by atoms with Gasteiger partial charge in [0.15, 0.2) is 0 Å². The fourth-order valence-corrected chi connectivity index (χ4v) is 4.07. The Labute approximate surface area is 127 Å². The third-order valence-corrected chi connectivity index (χ3v) is 5.32. The Morgan fingerprint density at radius 2 is 2.00 bits per heavy atom. The van der Waals surface area contributed by atoms with Crippen LogP contribution < -0.4 is 10.6 Å². The van der Waals surface area contributed by atoms with Crippen LogP contribution in [0.1, 0.15) is 49.7 Å². The number of para-hydroxylation sites is 1. The predicted octanol–water partition coefficient (Wildman–Crippen LogP) is 3.18. The molecule has 1 fully saturated rings. The molecule has 1 aromatic carbocycles. The molecular weight excluding hydrogens is 260 g/mol. The molecule has 21 heavy (non-hydrogen) atoms. The van der Waals surface area contributed by atoms with E-state index in [0.717, 1.165) is 50.8 Å². The van der Waals surface area contributed by atoms with Gasteiger partial charge in [0.2, 0.25) is 5.91 Å². The zero-order chi connectivity index (χ0) is 14.9. The van der Waals surface area contributed by atoms with Crippen molar-refractivity contribution in [3.63, 3.8) is 0 Å². The number of rotatable bonds is 2. The average Bonchev–Trinajstić information content (AvgIpc) is 2.54. The van der Waals surface area contributed by atoms with Crippen LogP contribution in [-0.4, -0.2) is 19.0 Å². The molecule has 1 heterocycles. The van der Waals surface area contributed by atoms with Gasteiger partial charge in [-0.2, -0.15) is 0 Å². The third kappa shape index (κ3) is 2.48. The Bertz CT molecular complexity index is 532. The second-order valence-corrected chi connectivity index (χ2v) is 6.69. The fraction of sp³-hybridized carbons (Fsp3) is 0.611. The van der Waals surface area contributed by atoms with Crippen molar-refractivity contribution in [3.05, 3.63) is 29.3 Å². The topological polar surface area (TPSA) is 46.3 Å². The van der Waals surface area contributed by atoms with E-state index in [1.165, 1.54) is 17.5 Å². The van der Waals surface area contributed by atoms with Gasteiger partial charge in [-0.05, 0) is 43.7 Å². The van der Waals surface area contributed by atoms with Gasteiger partial charge in [0.1, 0.15) is 0 Å².